The summed E-state index contributed by atoms with van der Waals surface area (Å²) >= 11 is 0. The number of urea groups is 1. The van der Waals surface area contributed by atoms with Crippen LogP contribution in [-0.4, -0.2) is 51.0 Å². The Morgan fingerprint density at radius 3 is 2.74 bits per heavy atom. The SMILES string of the molecule is CN(Cc1ncc[nH]1)C(=O)N[C@H](CC(N)=O)C(=O)O. The highest BCUT2D eigenvalue weighted by molar-refractivity contribution is 5.87. The lowest BCUT2D eigenvalue weighted by atomic mass is 10.2. The van der Waals surface area contributed by atoms with E-state index >= 15 is 0 Å². The zero-order valence-electron chi connectivity index (χ0n) is 10.3. The van der Waals surface area contributed by atoms with Gasteiger partial charge in [-0.2, -0.15) is 0 Å². The number of aliphatic carboxylic acids is 1. The molecular weight excluding hydrogens is 254 g/mol. The van der Waals surface area contributed by atoms with Crippen molar-refractivity contribution in [1.82, 2.24) is 20.2 Å². The van der Waals surface area contributed by atoms with E-state index in [0.717, 1.165) is 0 Å². The van der Waals surface area contributed by atoms with Gasteiger partial charge >= 0.3 is 12.0 Å². The molecule has 0 saturated heterocycles. The molecule has 9 nitrogen and oxygen atoms in total. The Hall–Kier alpha value is -2.58. The molecule has 0 bridgehead atoms. The molecule has 1 aromatic rings. The maximum Gasteiger partial charge on any atom is 0.326 e. The van der Waals surface area contributed by atoms with Crippen LogP contribution in [0.2, 0.25) is 0 Å². The quantitative estimate of drug-likeness (QED) is 0.517. The Labute approximate surface area is 108 Å². The van der Waals surface area contributed by atoms with Crippen molar-refractivity contribution in [2.45, 2.75) is 19.0 Å². The van der Waals surface area contributed by atoms with Gasteiger partial charge in [0.15, 0.2) is 0 Å². The minimum Gasteiger partial charge on any atom is -0.480 e. The van der Waals surface area contributed by atoms with Crippen LogP contribution in [0.5, 0.6) is 0 Å². The third kappa shape index (κ3) is 4.66. The molecule has 104 valence electrons. The molecule has 0 aliphatic heterocycles. The highest BCUT2D eigenvalue weighted by Gasteiger charge is 2.23. The molecule has 1 aromatic heterocycles. The summed E-state index contributed by atoms with van der Waals surface area (Å²) in [4.78, 5) is 41.2. The number of nitrogens with two attached hydrogens (primary N) is 1. The Balaban J connectivity index is 2.56. The van der Waals surface area contributed by atoms with Gasteiger partial charge in [-0.1, -0.05) is 0 Å². The Bertz CT molecular complexity index is 458. The Kier molecular flexibility index (Phi) is 4.86. The Morgan fingerprint density at radius 2 is 2.26 bits per heavy atom. The van der Waals surface area contributed by atoms with Gasteiger partial charge in [0.05, 0.1) is 13.0 Å². The van der Waals surface area contributed by atoms with Gasteiger partial charge in [0.1, 0.15) is 11.9 Å². The van der Waals surface area contributed by atoms with Crippen LogP contribution in [0.3, 0.4) is 0 Å². The standard InChI is InChI=1S/C10H15N5O4/c1-15(5-8-12-2-3-13-8)10(19)14-6(9(17)18)4-7(11)16/h2-3,6H,4-5H2,1H3,(H2,11,16)(H,12,13)(H,14,19)(H,17,18)/t6-/m1/s1. The molecule has 0 fully saturated rings. The number of aromatic amines is 1. The maximum atomic E-state index is 11.7. The lowest BCUT2D eigenvalue weighted by Gasteiger charge is -2.19. The van der Waals surface area contributed by atoms with Crippen LogP contribution in [0.25, 0.3) is 0 Å². The summed E-state index contributed by atoms with van der Waals surface area (Å²) in [5, 5.41) is 11.1. The van der Waals surface area contributed by atoms with E-state index in [9.17, 15) is 14.4 Å². The molecule has 0 spiro atoms. The summed E-state index contributed by atoms with van der Waals surface area (Å²) in [5.41, 5.74) is 4.91. The number of carboxylic acid groups (broad SMARTS) is 1. The lowest BCUT2D eigenvalue weighted by molar-refractivity contribution is -0.140. The first-order valence-electron chi connectivity index (χ1n) is 5.41. The average Bonchev–Trinajstić information content (AvgIpc) is 2.79. The number of nitrogens with one attached hydrogen (secondary N) is 2. The van der Waals surface area contributed by atoms with E-state index in [0.29, 0.717) is 5.82 Å². The normalized spacial score (nSPS) is 11.6. The molecule has 3 amide bonds. The van der Waals surface area contributed by atoms with Crippen LogP contribution in [0.15, 0.2) is 12.4 Å². The molecular formula is C10H15N5O4. The topological polar surface area (TPSA) is 141 Å². The van der Waals surface area contributed by atoms with E-state index in [4.69, 9.17) is 10.8 Å². The number of amides is 3. The maximum absolute atomic E-state index is 11.7. The molecule has 1 atom stereocenters. The van der Waals surface area contributed by atoms with Crippen molar-refractivity contribution < 1.29 is 19.5 Å². The third-order valence-corrected chi connectivity index (χ3v) is 2.29. The molecule has 9 heteroatoms. The fourth-order valence-electron chi connectivity index (χ4n) is 1.34. The van der Waals surface area contributed by atoms with Crippen molar-refractivity contribution in [3.05, 3.63) is 18.2 Å². The minimum absolute atomic E-state index is 0.182. The van der Waals surface area contributed by atoms with Gasteiger partial charge in [0.25, 0.3) is 0 Å². The molecule has 1 rings (SSSR count). The summed E-state index contributed by atoms with van der Waals surface area (Å²) in [5.74, 6) is -1.57. The van der Waals surface area contributed by atoms with Gasteiger partial charge in [0, 0.05) is 19.4 Å². The van der Waals surface area contributed by atoms with Gasteiger partial charge in [0.2, 0.25) is 5.91 Å². The number of aromatic nitrogens is 2. The highest BCUT2D eigenvalue weighted by Crippen LogP contribution is 1.98. The van der Waals surface area contributed by atoms with Gasteiger partial charge < -0.3 is 26.0 Å². The fourth-order valence-corrected chi connectivity index (χ4v) is 1.34. The molecule has 0 unspecified atom stereocenters. The van der Waals surface area contributed by atoms with E-state index in [1.807, 2.05) is 0 Å². The number of rotatable bonds is 6. The van der Waals surface area contributed by atoms with Crippen LogP contribution >= 0.6 is 0 Å². The lowest BCUT2D eigenvalue weighted by Crippen LogP contribution is -2.48. The number of hydrogen-bond acceptors (Lipinski definition) is 4. The van der Waals surface area contributed by atoms with Crippen LogP contribution < -0.4 is 11.1 Å². The van der Waals surface area contributed by atoms with Crippen molar-refractivity contribution in [1.29, 1.82) is 0 Å². The smallest absolute Gasteiger partial charge is 0.326 e. The number of hydrogen-bond donors (Lipinski definition) is 4. The van der Waals surface area contributed by atoms with Crippen LogP contribution in [0, 0.1) is 0 Å². The number of H-pyrrole nitrogens is 1. The summed E-state index contributed by atoms with van der Waals surface area (Å²) < 4.78 is 0. The van der Waals surface area contributed by atoms with Crippen molar-refractivity contribution in [2.75, 3.05) is 7.05 Å². The second-order valence-electron chi connectivity index (χ2n) is 3.90. The molecule has 19 heavy (non-hydrogen) atoms. The van der Waals surface area contributed by atoms with Crippen molar-refractivity contribution in [2.24, 2.45) is 5.73 Å². The second kappa shape index (κ2) is 6.38. The Morgan fingerprint density at radius 1 is 1.58 bits per heavy atom. The van der Waals surface area contributed by atoms with E-state index in [1.165, 1.54) is 18.1 Å². The molecule has 0 aliphatic carbocycles. The van der Waals surface area contributed by atoms with Crippen LogP contribution in [0.4, 0.5) is 4.79 Å². The number of primary amides is 1. The van der Waals surface area contributed by atoms with Crippen LogP contribution in [-0.2, 0) is 16.1 Å². The summed E-state index contributed by atoms with van der Waals surface area (Å²) in [7, 11) is 1.47. The van der Waals surface area contributed by atoms with Gasteiger partial charge in [-0.05, 0) is 0 Å². The largest absolute Gasteiger partial charge is 0.480 e. The van der Waals surface area contributed by atoms with E-state index in [2.05, 4.69) is 15.3 Å². The zero-order chi connectivity index (χ0) is 14.4. The first kappa shape index (κ1) is 14.5. The van der Waals surface area contributed by atoms with Gasteiger partial charge in [-0.3, -0.25) is 4.79 Å². The average molecular weight is 269 g/mol. The predicted octanol–water partition coefficient (Wildman–Crippen LogP) is -1.12. The van der Waals surface area contributed by atoms with Crippen LogP contribution in [0.1, 0.15) is 12.2 Å². The van der Waals surface area contributed by atoms with Gasteiger partial charge in [-0.25, -0.2) is 14.6 Å². The number of carbonyl (C=O) groups is 3. The van der Waals surface area contributed by atoms with Crippen molar-refractivity contribution >= 4 is 17.9 Å². The summed E-state index contributed by atoms with van der Waals surface area (Å²) in [6.45, 7) is 0.182. The minimum atomic E-state index is -1.34. The number of imidazole rings is 1. The van der Waals surface area contributed by atoms with Crippen molar-refractivity contribution in [3.63, 3.8) is 0 Å². The molecule has 0 saturated carbocycles. The molecule has 1 heterocycles. The predicted molar refractivity (Wildman–Crippen MR) is 63.8 cm³/mol. The number of carboxylic acids is 1. The first-order valence-corrected chi connectivity index (χ1v) is 5.41. The van der Waals surface area contributed by atoms with Crippen molar-refractivity contribution in [3.8, 4) is 0 Å². The number of carbonyl (C=O) groups excluding carboxylic acids is 2. The zero-order valence-corrected chi connectivity index (χ0v) is 10.3. The first-order chi connectivity index (χ1) is 8.90. The fraction of sp³-hybridized carbons (Fsp3) is 0.400. The van der Waals surface area contributed by atoms with E-state index < -0.39 is 30.4 Å². The monoisotopic (exact) mass is 269 g/mol. The highest BCUT2D eigenvalue weighted by atomic mass is 16.4. The molecule has 5 N–H and O–H groups in total. The molecule has 0 aliphatic rings. The molecule has 0 aromatic carbocycles. The summed E-state index contributed by atoms with van der Waals surface area (Å²) in [6, 6.07) is -1.98. The number of nitrogens with zero attached hydrogens (tertiary/aromatic N) is 2. The van der Waals surface area contributed by atoms with E-state index in [-0.39, 0.29) is 6.54 Å². The van der Waals surface area contributed by atoms with Gasteiger partial charge in [-0.15, -0.1) is 0 Å². The second-order valence-corrected chi connectivity index (χ2v) is 3.90. The van der Waals surface area contributed by atoms with E-state index in [1.54, 1.807) is 6.20 Å². The third-order valence-electron chi connectivity index (χ3n) is 2.29. The summed E-state index contributed by atoms with van der Waals surface area (Å²) in [6.07, 6.45) is 2.68. The molecule has 0 radical (unpaired) electrons.